The lowest BCUT2D eigenvalue weighted by atomic mass is 10.1. The van der Waals surface area contributed by atoms with Crippen LogP contribution in [0.4, 0.5) is 5.69 Å². The van der Waals surface area contributed by atoms with Crippen LogP contribution in [0.3, 0.4) is 0 Å². The van der Waals surface area contributed by atoms with Crippen molar-refractivity contribution in [2.75, 3.05) is 11.4 Å². The second-order valence-electron chi connectivity index (χ2n) is 6.21. The van der Waals surface area contributed by atoms with E-state index >= 15 is 0 Å². The predicted octanol–water partition coefficient (Wildman–Crippen LogP) is 4.22. The van der Waals surface area contributed by atoms with Crippen LogP contribution < -0.4 is 4.90 Å². The number of carbonyl (C=O) groups is 1. The summed E-state index contributed by atoms with van der Waals surface area (Å²) in [5.74, 6) is 1.02. The number of anilines is 1. The molecule has 0 bridgehead atoms. The van der Waals surface area contributed by atoms with Crippen LogP contribution >= 0.6 is 11.6 Å². The molecule has 0 radical (unpaired) electrons. The van der Waals surface area contributed by atoms with Gasteiger partial charge in [0.25, 0.3) is 5.89 Å². The molecule has 0 unspecified atom stereocenters. The first-order valence-electron chi connectivity index (χ1n) is 8.07. The van der Waals surface area contributed by atoms with Crippen LogP contribution in [-0.2, 0) is 4.79 Å². The van der Waals surface area contributed by atoms with E-state index in [1.54, 1.807) is 17.0 Å². The molecule has 0 saturated carbocycles. The van der Waals surface area contributed by atoms with Crippen LogP contribution in [0.1, 0.15) is 23.7 Å². The molecular weight excluding hydrogens is 338 g/mol. The van der Waals surface area contributed by atoms with Gasteiger partial charge in [-0.3, -0.25) is 4.79 Å². The van der Waals surface area contributed by atoms with Crippen LogP contribution in [0, 0.1) is 6.92 Å². The van der Waals surface area contributed by atoms with Crippen molar-refractivity contribution in [1.82, 2.24) is 10.1 Å². The Balaban J connectivity index is 1.54. The number of benzene rings is 2. The molecule has 0 spiro atoms. The normalized spacial score (nSPS) is 17.3. The third kappa shape index (κ3) is 3.15. The van der Waals surface area contributed by atoms with Crippen LogP contribution in [0.2, 0.25) is 5.02 Å². The smallest absolute Gasteiger partial charge is 0.257 e. The maximum atomic E-state index is 12.4. The van der Waals surface area contributed by atoms with Gasteiger partial charge in [-0.1, -0.05) is 34.5 Å². The Morgan fingerprint density at radius 3 is 2.56 bits per heavy atom. The topological polar surface area (TPSA) is 59.2 Å². The standard InChI is InChI=1S/C19H16ClN3O2/c1-12-2-4-13(5-3-12)19-21-18(22-25-19)14-10-17(24)23(11-14)16-8-6-15(20)7-9-16/h2-9,14H,10-11H2,1H3/t14-/m1/s1. The fourth-order valence-electron chi connectivity index (χ4n) is 2.97. The molecular formula is C19H16ClN3O2. The molecule has 1 fully saturated rings. The highest BCUT2D eigenvalue weighted by atomic mass is 35.5. The summed E-state index contributed by atoms with van der Waals surface area (Å²) in [4.78, 5) is 18.6. The Morgan fingerprint density at radius 1 is 1.12 bits per heavy atom. The van der Waals surface area contributed by atoms with Gasteiger partial charge >= 0.3 is 0 Å². The van der Waals surface area contributed by atoms with E-state index in [4.69, 9.17) is 16.1 Å². The summed E-state index contributed by atoms with van der Waals surface area (Å²) in [6.45, 7) is 2.56. The minimum absolute atomic E-state index is 0.0500. The lowest BCUT2D eigenvalue weighted by Crippen LogP contribution is -2.24. The molecule has 3 aromatic rings. The number of halogens is 1. The molecule has 126 valence electrons. The molecule has 6 heteroatoms. The molecule has 0 N–H and O–H groups in total. The molecule has 2 heterocycles. The van der Waals surface area contributed by atoms with Gasteiger partial charge in [0, 0.05) is 35.2 Å². The maximum absolute atomic E-state index is 12.4. The van der Waals surface area contributed by atoms with Gasteiger partial charge in [0.05, 0.1) is 0 Å². The van der Waals surface area contributed by atoms with Crippen molar-refractivity contribution >= 4 is 23.2 Å². The van der Waals surface area contributed by atoms with E-state index < -0.39 is 0 Å². The molecule has 1 aliphatic heterocycles. The van der Waals surface area contributed by atoms with Crippen molar-refractivity contribution in [3.8, 4) is 11.5 Å². The third-order valence-electron chi connectivity index (χ3n) is 4.37. The Morgan fingerprint density at radius 2 is 1.84 bits per heavy atom. The molecule has 4 rings (SSSR count). The second-order valence-corrected chi connectivity index (χ2v) is 6.64. The first-order chi connectivity index (χ1) is 12.1. The van der Waals surface area contributed by atoms with Gasteiger partial charge in [0.1, 0.15) is 0 Å². The lowest BCUT2D eigenvalue weighted by molar-refractivity contribution is -0.117. The Hall–Kier alpha value is -2.66. The summed E-state index contributed by atoms with van der Waals surface area (Å²) in [7, 11) is 0. The fraction of sp³-hybridized carbons (Fsp3) is 0.211. The molecule has 2 aromatic carbocycles. The average molecular weight is 354 g/mol. The highest BCUT2D eigenvalue weighted by Crippen LogP contribution is 2.32. The van der Waals surface area contributed by atoms with Gasteiger partial charge in [0.2, 0.25) is 5.91 Å². The zero-order valence-corrected chi connectivity index (χ0v) is 14.4. The Bertz CT molecular complexity index is 903. The minimum atomic E-state index is -0.0777. The van der Waals surface area contributed by atoms with E-state index in [-0.39, 0.29) is 11.8 Å². The molecule has 25 heavy (non-hydrogen) atoms. The Kier molecular flexibility index (Phi) is 4.01. The number of hydrogen-bond donors (Lipinski definition) is 0. The SMILES string of the molecule is Cc1ccc(-c2nc([C@@H]3CC(=O)N(c4ccc(Cl)cc4)C3)no2)cc1. The van der Waals surface area contributed by atoms with E-state index in [0.29, 0.717) is 29.7 Å². The molecule has 1 aliphatic rings. The highest BCUT2D eigenvalue weighted by molar-refractivity contribution is 6.30. The van der Waals surface area contributed by atoms with E-state index in [0.717, 1.165) is 11.3 Å². The molecule has 1 aromatic heterocycles. The van der Waals surface area contributed by atoms with E-state index in [1.165, 1.54) is 5.56 Å². The fourth-order valence-corrected chi connectivity index (χ4v) is 3.09. The third-order valence-corrected chi connectivity index (χ3v) is 4.62. The first-order valence-corrected chi connectivity index (χ1v) is 8.44. The van der Waals surface area contributed by atoms with Crippen molar-refractivity contribution in [3.63, 3.8) is 0 Å². The average Bonchev–Trinajstić information content (AvgIpc) is 3.23. The van der Waals surface area contributed by atoms with Gasteiger partial charge in [-0.2, -0.15) is 4.98 Å². The number of carbonyl (C=O) groups excluding carboxylic acids is 1. The molecule has 1 saturated heterocycles. The van der Waals surface area contributed by atoms with Gasteiger partial charge in [0.15, 0.2) is 5.82 Å². The highest BCUT2D eigenvalue weighted by Gasteiger charge is 2.34. The Labute approximate surface area is 150 Å². The number of rotatable bonds is 3. The predicted molar refractivity (Wildman–Crippen MR) is 95.6 cm³/mol. The zero-order chi connectivity index (χ0) is 17.4. The summed E-state index contributed by atoms with van der Waals surface area (Å²) in [6, 6.07) is 15.1. The quantitative estimate of drug-likeness (QED) is 0.707. The molecule has 0 aliphatic carbocycles. The van der Waals surface area contributed by atoms with E-state index in [1.807, 2.05) is 43.3 Å². The first kappa shape index (κ1) is 15.8. The summed E-state index contributed by atoms with van der Waals surface area (Å²) in [6.07, 6.45) is 0.371. The molecule has 1 amide bonds. The summed E-state index contributed by atoms with van der Waals surface area (Å²) < 4.78 is 5.39. The number of hydrogen-bond acceptors (Lipinski definition) is 4. The number of amides is 1. The number of aromatic nitrogens is 2. The van der Waals surface area contributed by atoms with E-state index in [9.17, 15) is 4.79 Å². The van der Waals surface area contributed by atoms with Crippen LogP contribution in [0.25, 0.3) is 11.5 Å². The maximum Gasteiger partial charge on any atom is 0.257 e. The largest absolute Gasteiger partial charge is 0.334 e. The van der Waals surface area contributed by atoms with Gasteiger partial charge in [-0.05, 0) is 43.3 Å². The van der Waals surface area contributed by atoms with Crippen LogP contribution in [-0.4, -0.2) is 22.6 Å². The zero-order valence-electron chi connectivity index (χ0n) is 13.6. The minimum Gasteiger partial charge on any atom is -0.334 e. The van der Waals surface area contributed by atoms with Crippen LogP contribution in [0.5, 0.6) is 0 Å². The van der Waals surface area contributed by atoms with Gasteiger partial charge < -0.3 is 9.42 Å². The van der Waals surface area contributed by atoms with Crippen molar-refractivity contribution in [2.45, 2.75) is 19.3 Å². The van der Waals surface area contributed by atoms with Crippen molar-refractivity contribution in [1.29, 1.82) is 0 Å². The van der Waals surface area contributed by atoms with Crippen molar-refractivity contribution < 1.29 is 9.32 Å². The van der Waals surface area contributed by atoms with Crippen LogP contribution in [0.15, 0.2) is 53.1 Å². The van der Waals surface area contributed by atoms with Gasteiger partial charge in [-0.25, -0.2) is 0 Å². The second kappa shape index (κ2) is 6.33. The molecule has 1 atom stereocenters. The monoisotopic (exact) mass is 353 g/mol. The van der Waals surface area contributed by atoms with E-state index in [2.05, 4.69) is 10.1 Å². The lowest BCUT2D eigenvalue weighted by Gasteiger charge is -2.16. The number of nitrogens with zero attached hydrogens (tertiary/aromatic N) is 3. The van der Waals surface area contributed by atoms with Gasteiger partial charge in [-0.15, -0.1) is 0 Å². The van der Waals surface area contributed by atoms with Crippen molar-refractivity contribution in [3.05, 3.63) is 64.9 Å². The summed E-state index contributed by atoms with van der Waals surface area (Å²) in [5, 5.41) is 4.73. The summed E-state index contributed by atoms with van der Waals surface area (Å²) >= 11 is 5.91. The summed E-state index contributed by atoms with van der Waals surface area (Å²) in [5.41, 5.74) is 2.88. The van der Waals surface area contributed by atoms with Crippen molar-refractivity contribution in [2.24, 2.45) is 0 Å². The number of aryl methyl sites for hydroxylation is 1. The molecule has 5 nitrogen and oxygen atoms in total.